The molecule has 0 bridgehead atoms. The van der Waals surface area contributed by atoms with Gasteiger partial charge in [-0.25, -0.2) is 17.9 Å². The fourth-order valence-electron chi connectivity index (χ4n) is 12.6. The molecule has 4 aromatic carbocycles. The van der Waals surface area contributed by atoms with Crippen molar-refractivity contribution in [3.8, 4) is 5.75 Å². The smallest absolute Gasteiger partial charge is 0.407 e. The number of carbonyl (C=O) groups excluding carboxylic acids is 9. The van der Waals surface area contributed by atoms with E-state index in [1.54, 1.807) is 34.6 Å². The third kappa shape index (κ3) is 24.9. The number of hydrogen-bond acceptors (Lipinski definition) is 15. The highest BCUT2D eigenvalue weighted by Crippen LogP contribution is 2.44. The van der Waals surface area contributed by atoms with Crippen molar-refractivity contribution >= 4 is 69.3 Å². The fraction of sp³-hybridized carbons (Fsp3) is 0.532. The number of unbranched alkanes of at least 4 members (excludes halogenated alkanes) is 1. The Balaban J connectivity index is 1.45. The number of ether oxygens (including phenoxy) is 2. The number of nitrogens with zero attached hydrogens (tertiary/aromatic N) is 1. The molecule has 27 heteroatoms. The van der Waals surface area contributed by atoms with Crippen LogP contribution in [0.4, 0.5) is 4.79 Å². The van der Waals surface area contributed by atoms with Crippen LogP contribution >= 0.6 is 0 Å². The number of alkyl carbamates (subject to hydrolysis) is 1. The molecule has 570 valence electrons. The van der Waals surface area contributed by atoms with Gasteiger partial charge in [0.15, 0.2) is 0 Å². The third-order valence-electron chi connectivity index (χ3n) is 18.4. The molecular weight excluding hydrogens is 1350 g/mol. The van der Waals surface area contributed by atoms with Crippen molar-refractivity contribution in [1.82, 2.24) is 47.3 Å². The van der Waals surface area contributed by atoms with Crippen molar-refractivity contribution in [2.75, 3.05) is 19.7 Å². The van der Waals surface area contributed by atoms with Gasteiger partial charge in [-0.2, -0.15) is 0 Å². The van der Waals surface area contributed by atoms with E-state index in [0.717, 1.165) is 22.3 Å². The van der Waals surface area contributed by atoms with Gasteiger partial charge in [0.1, 0.15) is 59.7 Å². The van der Waals surface area contributed by atoms with E-state index in [2.05, 4.69) is 58.8 Å². The van der Waals surface area contributed by atoms with Crippen LogP contribution in [-0.2, 0) is 65.1 Å². The summed E-state index contributed by atoms with van der Waals surface area (Å²) < 4.78 is 42.0. The van der Waals surface area contributed by atoms with Gasteiger partial charge in [0.25, 0.3) is 10.0 Å². The number of aliphatic imine (C=N–C) groups is 1. The molecule has 4 aromatic rings. The van der Waals surface area contributed by atoms with E-state index in [4.69, 9.17) is 26.7 Å². The number of rotatable bonds is 41. The summed E-state index contributed by atoms with van der Waals surface area (Å²) in [5.74, 6) is -6.65. The van der Waals surface area contributed by atoms with E-state index in [9.17, 15) is 46.8 Å². The summed E-state index contributed by atoms with van der Waals surface area (Å²) in [6.45, 7) is 27.1. The molecule has 0 radical (unpaired) electrons. The number of nitrogens with two attached hydrogens (primary N) is 3. The van der Waals surface area contributed by atoms with Crippen molar-refractivity contribution in [3.63, 3.8) is 0 Å². The lowest BCUT2D eigenvalue weighted by atomic mass is 9.77. The van der Waals surface area contributed by atoms with Crippen molar-refractivity contribution in [1.29, 1.82) is 0 Å². The van der Waals surface area contributed by atoms with E-state index < -0.39 is 123 Å². The van der Waals surface area contributed by atoms with Gasteiger partial charge in [-0.3, -0.25) is 43.3 Å². The molecule has 9 amide bonds. The fourth-order valence-corrected chi connectivity index (χ4v) is 14.1. The monoisotopic (exact) mass is 1460 g/mol. The Hall–Kier alpha value is -9.37. The molecule has 0 saturated heterocycles. The molecule has 0 spiro atoms. The quantitative estimate of drug-likeness (QED) is 0.00734. The second kappa shape index (κ2) is 40.1. The van der Waals surface area contributed by atoms with Crippen LogP contribution < -0.4 is 69.2 Å². The highest BCUT2D eigenvalue weighted by Gasteiger charge is 2.41. The minimum atomic E-state index is -4.33. The first kappa shape index (κ1) is 85.3. The first-order valence-electron chi connectivity index (χ1n) is 36.1. The van der Waals surface area contributed by atoms with E-state index >= 15 is 4.79 Å². The van der Waals surface area contributed by atoms with Gasteiger partial charge < -0.3 is 69.2 Å². The summed E-state index contributed by atoms with van der Waals surface area (Å²) in [6, 6.07) is 19.3. The van der Waals surface area contributed by atoms with Crippen LogP contribution in [0.5, 0.6) is 5.75 Å². The highest BCUT2D eigenvalue weighted by atomic mass is 32.2. The first-order valence-corrected chi connectivity index (χ1v) is 37.5. The van der Waals surface area contributed by atoms with Crippen LogP contribution in [0.25, 0.3) is 0 Å². The van der Waals surface area contributed by atoms with Gasteiger partial charge >= 0.3 is 6.09 Å². The molecule has 104 heavy (non-hydrogen) atoms. The largest absolute Gasteiger partial charge is 0.487 e. The van der Waals surface area contributed by atoms with Crippen LogP contribution in [-0.4, -0.2) is 135 Å². The Labute approximate surface area is 614 Å². The molecule has 0 saturated carbocycles. The topological polar surface area (TPSA) is 405 Å². The van der Waals surface area contributed by atoms with Gasteiger partial charge in [-0.15, -0.1) is 0 Å². The number of carbonyl (C=O) groups is 9. The maximum absolute atomic E-state index is 15.1. The summed E-state index contributed by atoms with van der Waals surface area (Å²) >= 11 is 0. The predicted octanol–water partition coefficient (Wildman–Crippen LogP) is 6.58. The average molecular weight is 1460 g/mol. The number of fused-ring (bicyclic) bond motifs is 1. The zero-order valence-corrected chi connectivity index (χ0v) is 63.6. The number of hydrogen-bond donors (Lipinski definition) is 12. The number of primary amides is 1. The number of guanidine groups is 1. The summed E-state index contributed by atoms with van der Waals surface area (Å²) in [5.41, 5.74) is 21.5. The predicted molar refractivity (Wildman–Crippen MR) is 402 cm³/mol. The van der Waals surface area contributed by atoms with Gasteiger partial charge in [-0.1, -0.05) is 165 Å². The zero-order valence-electron chi connectivity index (χ0n) is 62.8. The van der Waals surface area contributed by atoms with Crippen LogP contribution in [0.15, 0.2) is 114 Å². The van der Waals surface area contributed by atoms with Crippen LogP contribution in [0.3, 0.4) is 0 Å². The molecule has 1 aliphatic heterocycles. The second-order valence-corrected chi connectivity index (χ2v) is 30.5. The average Bonchev–Trinajstić information content (AvgIpc) is 1.05. The Morgan fingerprint density at radius 2 is 1.04 bits per heavy atom. The van der Waals surface area contributed by atoms with Gasteiger partial charge in [0.2, 0.25) is 53.2 Å². The lowest BCUT2D eigenvalue weighted by molar-refractivity contribution is -0.136. The molecule has 0 aromatic heterocycles. The molecule has 8 atom stereocenters. The lowest BCUT2D eigenvalue weighted by Crippen LogP contribution is -2.60. The Morgan fingerprint density at radius 1 is 0.606 bits per heavy atom. The molecule has 5 rings (SSSR count). The summed E-state index contributed by atoms with van der Waals surface area (Å²) in [7, 11) is -4.33. The summed E-state index contributed by atoms with van der Waals surface area (Å²) in [6.07, 6.45) is 1.74. The molecule has 0 unspecified atom stereocenters. The van der Waals surface area contributed by atoms with E-state index in [1.807, 2.05) is 146 Å². The third-order valence-corrected chi connectivity index (χ3v) is 20.0. The normalized spacial score (nSPS) is 15.1. The minimum Gasteiger partial charge on any atom is -0.487 e. The van der Waals surface area contributed by atoms with Gasteiger partial charge in [0, 0.05) is 31.5 Å². The van der Waals surface area contributed by atoms with Crippen LogP contribution in [0, 0.1) is 44.4 Å². The Morgan fingerprint density at radius 3 is 1.48 bits per heavy atom. The van der Waals surface area contributed by atoms with Gasteiger partial charge in [-0.05, 0) is 149 Å². The van der Waals surface area contributed by atoms with Crippen molar-refractivity contribution in [3.05, 3.63) is 143 Å². The SMILES string of the molecule is C=CCOC(=O)NCCCC[C@H](NC(=O)[C@H](CC(C)C)NC(=O)[C@@H](N)[C@@H](C)CC)C(=O)N[C@@H](CCCN=C(N)NS(=O)(=O)c1c(C)c(C)c2c(c1C)CC(C)(C)O2)C(=O)N[C@@H](CC(C)C)C(=O)N[C@@H](CC(C)C)C(=O)N[C@@H](CCC(=O)NC(c1ccccc1)(c1ccccc1)c1ccccc1)C(N)=O. The second-order valence-electron chi connectivity index (χ2n) is 28.9. The van der Waals surface area contributed by atoms with Gasteiger partial charge in [0.05, 0.1) is 10.9 Å². The van der Waals surface area contributed by atoms with Crippen molar-refractivity contribution < 1.29 is 61.0 Å². The van der Waals surface area contributed by atoms with E-state index in [-0.39, 0.29) is 106 Å². The maximum Gasteiger partial charge on any atom is 0.407 e. The van der Waals surface area contributed by atoms with Crippen molar-refractivity contribution in [2.24, 2.45) is 45.9 Å². The number of benzene rings is 4. The van der Waals surface area contributed by atoms with Crippen LogP contribution in [0.2, 0.25) is 0 Å². The highest BCUT2D eigenvalue weighted by molar-refractivity contribution is 7.90. The first-order chi connectivity index (χ1) is 49.0. The zero-order chi connectivity index (χ0) is 77.2. The number of amides is 9. The summed E-state index contributed by atoms with van der Waals surface area (Å²) in [4.78, 5) is 132. The summed E-state index contributed by atoms with van der Waals surface area (Å²) in [5, 5.41) is 22.5. The van der Waals surface area contributed by atoms with Crippen LogP contribution in [0.1, 0.15) is 179 Å². The molecule has 1 aliphatic rings. The standard InChI is InChI=1S/C77H113N13O13S/c1-15-41-102-75(99)82-39-27-26-35-58(85-71(96)62(44-48(7)8)88-73(98)64(78)49(9)16-2)68(93)84-59(36-28-40-81-74(80)90-104(100,101)66-51(11)50(10)65-56(52(66)12)45-76(13,14)103-65)69(94)86-61(43-47(5)6)72(97)87-60(42-46(3)4)70(95)83-57(67(79)92)37-38-63(91)89-77(53-29-20-17-21-30-53,54-31-22-18-23-32-54)55-33-24-19-25-34-55/h15,17-25,29-34,46-49,57-62,64H,1,16,26-28,35-45,78H2,2-14H3,(H2,79,92)(H,82,99)(H,83,95)(H,84,93)(H,85,96)(H,86,94)(H,87,97)(H,88,98)(H,89,91)(H3,80,81,90)/t49-,57-,58-,59-,60-,61-,62-,64-/m0/s1. The molecular formula is C77H113N13O13S. The van der Waals surface area contributed by atoms with Crippen molar-refractivity contribution in [2.45, 2.75) is 225 Å². The molecule has 0 aliphatic carbocycles. The molecule has 0 fully saturated rings. The van der Waals surface area contributed by atoms with E-state index in [0.29, 0.717) is 41.7 Å². The van der Waals surface area contributed by atoms with E-state index in [1.165, 1.54) is 6.08 Å². The minimum absolute atomic E-state index is 0.00959. The number of sulfonamides is 1. The molecule has 26 nitrogen and oxygen atoms in total. The lowest BCUT2D eigenvalue weighted by Gasteiger charge is -2.37. The maximum atomic E-state index is 15.1. The molecule has 1 heterocycles. The number of nitrogens with one attached hydrogen (secondary N) is 9. The Bertz CT molecular complexity index is 3640. The Kier molecular flexibility index (Phi) is 32.8. The molecule has 15 N–H and O–H groups in total.